The number of hydrogen-bond donors (Lipinski definition) is 1. The molecule has 0 bridgehead atoms. The zero-order valence-corrected chi connectivity index (χ0v) is 22.3. The summed E-state index contributed by atoms with van der Waals surface area (Å²) in [6.45, 7) is 1.80. The molecular formula is C30H23BrN2O6. The minimum absolute atomic E-state index is 0.0454. The van der Waals surface area contributed by atoms with E-state index in [9.17, 15) is 24.5 Å². The van der Waals surface area contributed by atoms with Crippen LogP contribution < -0.4 is 5.32 Å². The maximum absolute atomic E-state index is 13.5. The number of carbonyl (C=O) groups is 3. The maximum Gasteiger partial charge on any atom is 0.341 e. The van der Waals surface area contributed by atoms with Gasteiger partial charge in [-0.15, -0.1) is 0 Å². The van der Waals surface area contributed by atoms with Crippen molar-refractivity contribution in [3.63, 3.8) is 0 Å². The molecule has 0 aliphatic carbocycles. The minimum atomic E-state index is -1.37. The van der Waals surface area contributed by atoms with Gasteiger partial charge in [-0.1, -0.05) is 88.7 Å². The lowest BCUT2D eigenvalue weighted by Gasteiger charge is -2.23. The van der Waals surface area contributed by atoms with Crippen molar-refractivity contribution in [2.45, 2.75) is 17.9 Å². The summed E-state index contributed by atoms with van der Waals surface area (Å²) in [5, 5.41) is 14.1. The molecule has 0 fully saturated rings. The van der Waals surface area contributed by atoms with Gasteiger partial charge in [0.25, 0.3) is 11.6 Å². The van der Waals surface area contributed by atoms with Crippen molar-refractivity contribution in [2.24, 2.45) is 0 Å². The standard InChI is InChI=1S/C30H23BrN2O6/c1-19-10-5-6-15-23(19)29(35)32-25-17-8-7-16-24(25)30(36)39-28(27(34)20-11-3-2-4-12-20)26(31)21-13-9-14-22(18-21)33(37)38/h2-18,26,28H,1H3,(H,32,35)/t26-,28-/m1/s1. The molecule has 0 aromatic heterocycles. The van der Waals surface area contributed by atoms with E-state index in [1.54, 1.807) is 79.7 Å². The van der Waals surface area contributed by atoms with Gasteiger partial charge in [0, 0.05) is 23.3 Å². The number of esters is 1. The van der Waals surface area contributed by atoms with Crippen LogP contribution in [0.3, 0.4) is 0 Å². The largest absolute Gasteiger partial charge is 0.449 e. The van der Waals surface area contributed by atoms with Gasteiger partial charge in [-0.2, -0.15) is 0 Å². The average molecular weight is 587 g/mol. The monoisotopic (exact) mass is 586 g/mol. The lowest BCUT2D eigenvalue weighted by Crippen LogP contribution is -2.32. The molecule has 39 heavy (non-hydrogen) atoms. The molecule has 0 aliphatic heterocycles. The van der Waals surface area contributed by atoms with Crippen molar-refractivity contribution >= 4 is 45.0 Å². The summed E-state index contributed by atoms with van der Waals surface area (Å²) in [7, 11) is 0. The normalized spacial score (nSPS) is 12.2. The summed E-state index contributed by atoms with van der Waals surface area (Å²) in [5.41, 5.74) is 1.98. The summed E-state index contributed by atoms with van der Waals surface area (Å²) in [6.07, 6.45) is -1.37. The molecule has 196 valence electrons. The Kier molecular flexibility index (Phi) is 8.63. The van der Waals surface area contributed by atoms with Gasteiger partial charge >= 0.3 is 5.97 Å². The van der Waals surface area contributed by atoms with E-state index in [0.29, 0.717) is 16.7 Å². The Morgan fingerprint density at radius 2 is 1.49 bits per heavy atom. The molecular weight excluding hydrogens is 564 g/mol. The fraction of sp³-hybridized carbons (Fsp3) is 0.100. The van der Waals surface area contributed by atoms with Crippen LogP contribution in [-0.2, 0) is 4.74 Å². The zero-order valence-electron chi connectivity index (χ0n) is 20.7. The van der Waals surface area contributed by atoms with Gasteiger partial charge in [0.05, 0.1) is 21.0 Å². The highest BCUT2D eigenvalue weighted by molar-refractivity contribution is 9.09. The Morgan fingerprint density at radius 3 is 2.18 bits per heavy atom. The molecule has 8 nitrogen and oxygen atoms in total. The quantitative estimate of drug-likeness (QED) is 0.0766. The molecule has 0 unspecified atom stereocenters. The molecule has 4 aromatic rings. The fourth-order valence-electron chi connectivity index (χ4n) is 3.96. The van der Waals surface area contributed by atoms with Crippen molar-refractivity contribution in [1.29, 1.82) is 0 Å². The third kappa shape index (κ3) is 6.45. The Hall–Kier alpha value is -4.63. The number of amides is 1. The highest BCUT2D eigenvalue weighted by Crippen LogP contribution is 2.33. The third-order valence-corrected chi connectivity index (χ3v) is 7.01. The number of nitro benzene ring substituents is 1. The number of nitrogens with zero attached hydrogens (tertiary/aromatic N) is 1. The van der Waals surface area contributed by atoms with E-state index in [2.05, 4.69) is 21.2 Å². The van der Waals surface area contributed by atoms with Crippen LogP contribution in [0.15, 0.2) is 103 Å². The molecule has 2 atom stereocenters. The number of Topliss-reactive ketones (excluding diaryl/α,β-unsaturated/α-hetero) is 1. The van der Waals surface area contributed by atoms with Crippen LogP contribution in [0, 0.1) is 17.0 Å². The zero-order chi connectivity index (χ0) is 27.9. The average Bonchev–Trinajstić information content (AvgIpc) is 2.96. The number of carbonyl (C=O) groups excluding carboxylic acids is 3. The molecule has 4 aromatic carbocycles. The number of halogens is 1. The van der Waals surface area contributed by atoms with Crippen molar-refractivity contribution in [1.82, 2.24) is 0 Å². The van der Waals surface area contributed by atoms with Gasteiger partial charge in [0.1, 0.15) is 0 Å². The Bertz CT molecular complexity index is 1540. The molecule has 0 radical (unpaired) electrons. The number of alkyl halides is 1. The molecule has 1 N–H and O–H groups in total. The molecule has 0 saturated heterocycles. The van der Waals surface area contributed by atoms with Crippen LogP contribution in [0.1, 0.15) is 47.0 Å². The van der Waals surface area contributed by atoms with Crippen LogP contribution in [-0.4, -0.2) is 28.7 Å². The van der Waals surface area contributed by atoms with Gasteiger partial charge in [-0.3, -0.25) is 19.7 Å². The van der Waals surface area contributed by atoms with Gasteiger partial charge in [0.2, 0.25) is 5.78 Å². The summed E-state index contributed by atoms with van der Waals surface area (Å²) < 4.78 is 5.76. The highest BCUT2D eigenvalue weighted by Gasteiger charge is 2.34. The summed E-state index contributed by atoms with van der Waals surface area (Å²) in [4.78, 5) is 49.8. The number of aryl methyl sites for hydroxylation is 1. The van der Waals surface area contributed by atoms with Crippen molar-refractivity contribution in [3.05, 3.63) is 141 Å². The van der Waals surface area contributed by atoms with Gasteiger partial charge in [0.15, 0.2) is 6.10 Å². The number of benzene rings is 4. The Balaban J connectivity index is 1.66. The van der Waals surface area contributed by atoms with Crippen LogP contribution in [0.25, 0.3) is 0 Å². The molecule has 0 aliphatic rings. The number of rotatable bonds is 9. The van der Waals surface area contributed by atoms with Crippen molar-refractivity contribution < 1.29 is 24.0 Å². The Morgan fingerprint density at radius 1 is 0.846 bits per heavy atom. The molecule has 0 saturated carbocycles. The number of nitrogens with one attached hydrogen (secondary N) is 1. The lowest BCUT2D eigenvalue weighted by atomic mass is 9.99. The van der Waals surface area contributed by atoms with E-state index >= 15 is 0 Å². The lowest BCUT2D eigenvalue weighted by molar-refractivity contribution is -0.384. The topological polar surface area (TPSA) is 116 Å². The number of ether oxygens (including phenoxy) is 1. The van der Waals surface area contributed by atoms with E-state index in [1.807, 2.05) is 6.07 Å². The van der Waals surface area contributed by atoms with Gasteiger partial charge in [-0.25, -0.2) is 4.79 Å². The van der Waals surface area contributed by atoms with Crippen molar-refractivity contribution in [2.75, 3.05) is 5.32 Å². The van der Waals surface area contributed by atoms with Crippen molar-refractivity contribution in [3.8, 4) is 0 Å². The minimum Gasteiger partial charge on any atom is -0.449 e. The second kappa shape index (κ2) is 12.3. The predicted molar refractivity (Wildman–Crippen MR) is 150 cm³/mol. The first-order chi connectivity index (χ1) is 18.8. The first-order valence-electron chi connectivity index (χ1n) is 11.9. The van der Waals surface area contributed by atoms with Crippen LogP contribution in [0.4, 0.5) is 11.4 Å². The highest BCUT2D eigenvalue weighted by atomic mass is 79.9. The molecule has 1 amide bonds. The number of non-ortho nitro benzene ring substituents is 1. The number of hydrogen-bond acceptors (Lipinski definition) is 6. The van der Waals surface area contributed by atoms with Gasteiger partial charge < -0.3 is 10.1 Å². The first kappa shape index (κ1) is 27.4. The van der Waals surface area contributed by atoms with Crippen LogP contribution >= 0.6 is 15.9 Å². The molecule has 9 heteroatoms. The molecule has 0 heterocycles. The van der Waals surface area contributed by atoms with Crippen LogP contribution in [0.2, 0.25) is 0 Å². The van der Waals surface area contributed by atoms with E-state index < -0.39 is 33.5 Å². The van der Waals surface area contributed by atoms with E-state index in [1.165, 1.54) is 24.3 Å². The second-order valence-electron chi connectivity index (χ2n) is 8.62. The Labute approximate surface area is 232 Å². The van der Waals surface area contributed by atoms with Gasteiger partial charge in [-0.05, 0) is 36.2 Å². The molecule has 4 rings (SSSR count). The van der Waals surface area contributed by atoms with E-state index in [0.717, 1.165) is 5.56 Å². The third-order valence-electron chi connectivity index (χ3n) is 6.00. The number of nitro groups is 1. The van der Waals surface area contributed by atoms with Crippen LogP contribution in [0.5, 0.6) is 0 Å². The maximum atomic E-state index is 13.5. The number of anilines is 1. The summed E-state index contributed by atoms with van der Waals surface area (Å²) in [6, 6.07) is 27.4. The first-order valence-corrected chi connectivity index (χ1v) is 12.8. The molecule has 0 spiro atoms. The number of ketones is 1. The smallest absolute Gasteiger partial charge is 0.341 e. The van der Waals surface area contributed by atoms with E-state index in [-0.39, 0.29) is 16.9 Å². The summed E-state index contributed by atoms with van der Waals surface area (Å²) in [5.74, 6) is -1.75. The predicted octanol–water partition coefficient (Wildman–Crippen LogP) is 6.70. The van der Waals surface area contributed by atoms with E-state index in [4.69, 9.17) is 4.74 Å². The summed E-state index contributed by atoms with van der Waals surface area (Å²) >= 11 is 3.44. The fourth-order valence-corrected chi connectivity index (χ4v) is 4.60. The second-order valence-corrected chi connectivity index (χ2v) is 9.61. The SMILES string of the molecule is Cc1ccccc1C(=O)Nc1ccccc1C(=O)O[C@@H](C(=O)c1ccccc1)[C@H](Br)c1cccc([N+](=O)[O-])c1. The number of para-hydroxylation sites is 1.